The molecule has 2 N–H and O–H groups in total. The van der Waals surface area contributed by atoms with Gasteiger partial charge in [-0.3, -0.25) is 19.5 Å². The first-order chi connectivity index (χ1) is 15.8. The highest BCUT2D eigenvalue weighted by Crippen LogP contribution is 2.40. The molecule has 1 aliphatic rings. The van der Waals surface area contributed by atoms with Gasteiger partial charge in [0.25, 0.3) is 5.92 Å². The Balaban J connectivity index is 0.00000324. The fourth-order valence-electron chi connectivity index (χ4n) is 3.98. The molecular weight excluding hydrogens is 464 g/mol. The van der Waals surface area contributed by atoms with Crippen LogP contribution in [0, 0.1) is 0 Å². The smallest absolute Gasteiger partial charge is 0.257 e. The van der Waals surface area contributed by atoms with Crippen molar-refractivity contribution >= 4 is 24.1 Å². The van der Waals surface area contributed by atoms with Crippen molar-refractivity contribution in [3.8, 4) is 0 Å². The number of hydrogen-bond acceptors (Lipinski definition) is 5. The molecule has 0 saturated carbocycles. The second kappa shape index (κ2) is 10.8. The van der Waals surface area contributed by atoms with Crippen molar-refractivity contribution in [3.63, 3.8) is 0 Å². The molecule has 2 atom stereocenters. The molecule has 180 valence electrons. The monoisotopic (exact) mass is 489 g/mol. The summed E-state index contributed by atoms with van der Waals surface area (Å²) in [5, 5.41) is 2.77. The minimum atomic E-state index is -2.92. The van der Waals surface area contributed by atoms with Gasteiger partial charge in [0.2, 0.25) is 11.5 Å². The lowest BCUT2D eigenvalue weighted by molar-refractivity contribution is -0.125. The Hall–Kier alpha value is -3.17. The van der Waals surface area contributed by atoms with Crippen LogP contribution in [-0.4, -0.2) is 50.8 Å². The number of carbonyl (C=O) groups excluding carboxylic acids is 1. The summed E-state index contributed by atoms with van der Waals surface area (Å²) in [6.45, 7) is 1.79. The molecule has 3 aromatic heterocycles. The molecule has 4 rings (SSSR count). The fourth-order valence-corrected chi connectivity index (χ4v) is 3.98. The first-order valence-corrected chi connectivity index (χ1v) is 10.8. The molecule has 0 bridgehead atoms. The quantitative estimate of drug-likeness (QED) is 0.552. The van der Waals surface area contributed by atoms with E-state index >= 15 is 0 Å². The van der Waals surface area contributed by atoms with Gasteiger partial charge in [0, 0.05) is 56.3 Å². The van der Waals surface area contributed by atoms with Crippen LogP contribution >= 0.6 is 12.4 Å². The number of likely N-dealkylation sites (tertiary alicyclic amines) is 1. The van der Waals surface area contributed by atoms with Crippen LogP contribution in [0.15, 0.2) is 65.8 Å². The fraction of sp³-hybridized carbons (Fsp3) is 0.333. The lowest BCUT2D eigenvalue weighted by Crippen LogP contribution is -2.52. The maximum absolute atomic E-state index is 14.6. The molecule has 1 fully saturated rings. The molecule has 34 heavy (non-hydrogen) atoms. The number of piperidine rings is 1. The van der Waals surface area contributed by atoms with E-state index in [0.29, 0.717) is 17.8 Å². The third-order valence-electron chi connectivity index (χ3n) is 5.98. The Bertz CT molecular complexity index is 1140. The Morgan fingerprint density at radius 3 is 2.71 bits per heavy atom. The Morgan fingerprint density at radius 2 is 2.06 bits per heavy atom. The van der Waals surface area contributed by atoms with E-state index in [9.17, 15) is 18.4 Å². The number of nitrogens with one attached hydrogen (secondary N) is 2. The van der Waals surface area contributed by atoms with Crippen molar-refractivity contribution in [1.82, 2.24) is 19.9 Å². The number of rotatable bonds is 6. The minimum absolute atomic E-state index is 0. The topological polar surface area (TPSA) is 91.0 Å². The summed E-state index contributed by atoms with van der Waals surface area (Å²) >= 11 is 0. The summed E-state index contributed by atoms with van der Waals surface area (Å²) in [7, 11) is 0. The molecule has 0 aromatic carbocycles. The Kier molecular flexibility index (Phi) is 8.11. The van der Waals surface area contributed by atoms with E-state index in [1.54, 1.807) is 30.3 Å². The van der Waals surface area contributed by atoms with Crippen LogP contribution in [0.4, 0.5) is 14.6 Å². The lowest BCUT2D eigenvalue weighted by Gasteiger charge is -2.40. The number of H-pyrrole nitrogens is 1. The predicted molar refractivity (Wildman–Crippen MR) is 128 cm³/mol. The number of halogens is 3. The van der Waals surface area contributed by atoms with Crippen LogP contribution in [0.1, 0.15) is 36.1 Å². The predicted octanol–water partition coefficient (Wildman–Crippen LogP) is 3.63. The van der Waals surface area contributed by atoms with Crippen LogP contribution in [0.25, 0.3) is 0 Å². The molecule has 0 radical (unpaired) electrons. The maximum Gasteiger partial charge on any atom is 0.257 e. The largest absolute Gasteiger partial charge is 0.329 e. The van der Waals surface area contributed by atoms with Crippen molar-refractivity contribution in [1.29, 1.82) is 0 Å². The number of aromatic amines is 1. The molecule has 4 heterocycles. The highest BCUT2D eigenvalue weighted by Gasteiger charge is 2.46. The van der Waals surface area contributed by atoms with Crippen LogP contribution < -0.4 is 10.9 Å². The summed E-state index contributed by atoms with van der Waals surface area (Å²) in [6, 6.07) is 11.3. The number of aromatic nitrogens is 3. The van der Waals surface area contributed by atoms with Crippen molar-refractivity contribution in [2.45, 2.75) is 37.6 Å². The van der Waals surface area contributed by atoms with E-state index in [0.717, 1.165) is 11.3 Å². The molecule has 10 heteroatoms. The van der Waals surface area contributed by atoms with E-state index in [4.69, 9.17) is 0 Å². The van der Waals surface area contributed by atoms with Crippen LogP contribution in [0.2, 0.25) is 0 Å². The first kappa shape index (κ1) is 25.5. The van der Waals surface area contributed by atoms with Crippen molar-refractivity contribution < 1.29 is 13.6 Å². The molecule has 3 aromatic rings. The summed E-state index contributed by atoms with van der Waals surface area (Å²) in [5.74, 6) is -3.94. The van der Waals surface area contributed by atoms with Gasteiger partial charge in [0.05, 0.1) is 12.0 Å². The van der Waals surface area contributed by atoms with Crippen molar-refractivity contribution in [2.75, 3.05) is 18.4 Å². The van der Waals surface area contributed by atoms with Crippen LogP contribution in [0.3, 0.4) is 0 Å². The number of hydrogen-bond donors (Lipinski definition) is 2. The van der Waals surface area contributed by atoms with Gasteiger partial charge in [-0.25, -0.2) is 13.8 Å². The second-order valence-electron chi connectivity index (χ2n) is 8.26. The average molecular weight is 490 g/mol. The van der Waals surface area contributed by atoms with Gasteiger partial charge in [-0.05, 0) is 36.2 Å². The van der Waals surface area contributed by atoms with E-state index in [1.165, 1.54) is 18.3 Å². The average Bonchev–Trinajstić information content (AvgIpc) is 2.81. The number of anilines is 1. The van der Waals surface area contributed by atoms with E-state index < -0.39 is 17.9 Å². The number of alkyl halides is 2. The Labute approximate surface area is 202 Å². The van der Waals surface area contributed by atoms with Gasteiger partial charge in [-0.1, -0.05) is 18.2 Å². The number of carbonyl (C=O) groups is 1. The minimum Gasteiger partial charge on any atom is -0.329 e. The number of amides is 1. The highest BCUT2D eigenvalue weighted by atomic mass is 35.5. The zero-order valence-electron chi connectivity index (χ0n) is 18.6. The summed E-state index contributed by atoms with van der Waals surface area (Å²) in [5.41, 5.74) is 1.88. The molecule has 7 nitrogen and oxygen atoms in total. The van der Waals surface area contributed by atoms with Gasteiger partial charge in [0.1, 0.15) is 5.82 Å². The Morgan fingerprint density at radius 1 is 1.24 bits per heavy atom. The molecular formula is C24H26ClF2N5O2. The normalized spacial score (nSPS) is 18.5. The van der Waals surface area contributed by atoms with Crippen molar-refractivity contribution in [3.05, 3.63) is 88.2 Å². The van der Waals surface area contributed by atoms with Gasteiger partial charge in [0.15, 0.2) is 0 Å². The van der Waals surface area contributed by atoms with Crippen LogP contribution in [-0.2, 0) is 11.2 Å². The maximum atomic E-state index is 14.6. The zero-order valence-corrected chi connectivity index (χ0v) is 19.4. The zero-order chi connectivity index (χ0) is 23.4. The molecule has 1 aliphatic heterocycles. The van der Waals surface area contributed by atoms with E-state index in [2.05, 4.69) is 20.3 Å². The molecule has 0 aliphatic carbocycles. The summed E-state index contributed by atoms with van der Waals surface area (Å²) in [4.78, 5) is 36.9. The molecule has 1 saturated heterocycles. The van der Waals surface area contributed by atoms with Crippen molar-refractivity contribution in [2.24, 2.45) is 0 Å². The molecule has 2 unspecified atom stereocenters. The second-order valence-corrected chi connectivity index (χ2v) is 8.26. The van der Waals surface area contributed by atoms with Gasteiger partial charge in [-0.15, -0.1) is 12.4 Å². The SMILES string of the molecule is CC(C(=O)Nc1ccc(Cc2ccccn2)cn1)N1CCC(F)(F)C(c2ccc(=O)[nH]c2)C1.Cl. The number of nitrogens with zero attached hydrogens (tertiary/aromatic N) is 3. The van der Waals surface area contributed by atoms with Gasteiger partial charge >= 0.3 is 0 Å². The van der Waals surface area contributed by atoms with Gasteiger partial charge in [-0.2, -0.15) is 0 Å². The van der Waals surface area contributed by atoms with E-state index in [-0.39, 0.29) is 43.4 Å². The molecule has 0 spiro atoms. The highest BCUT2D eigenvalue weighted by molar-refractivity contribution is 5.93. The lowest BCUT2D eigenvalue weighted by atomic mass is 9.87. The van der Waals surface area contributed by atoms with Crippen LogP contribution in [0.5, 0.6) is 0 Å². The molecule has 1 amide bonds. The summed E-state index contributed by atoms with van der Waals surface area (Å²) in [6.07, 6.45) is 5.01. The summed E-state index contributed by atoms with van der Waals surface area (Å²) < 4.78 is 29.2. The van der Waals surface area contributed by atoms with Gasteiger partial charge < -0.3 is 10.3 Å². The third-order valence-corrected chi connectivity index (χ3v) is 5.98. The number of pyridine rings is 3. The third kappa shape index (κ3) is 6.03. The standard InChI is InChI=1S/C24H25F2N5O2.ClH/c1-16(31-11-9-24(25,26)20(15-31)18-6-8-22(32)29-14-18)23(33)30-21-7-5-17(13-28-21)12-19-4-2-3-10-27-19;/h2-8,10,13-14,16,20H,9,11-12,15H2,1H3,(H,29,32)(H,28,30,33);1H. The van der Waals surface area contributed by atoms with E-state index in [1.807, 2.05) is 24.3 Å². The first-order valence-electron chi connectivity index (χ1n) is 10.8.